The number of nitrogens with zero attached hydrogens (tertiary/aromatic N) is 8. The fourth-order valence-electron chi connectivity index (χ4n) is 5.53. The summed E-state index contributed by atoms with van der Waals surface area (Å²) >= 11 is 3.76. The number of nitrogens with one attached hydrogen (secondary N) is 2. The predicted octanol–water partition coefficient (Wildman–Crippen LogP) is 43.2. The topological polar surface area (TPSA) is 141 Å². The van der Waals surface area contributed by atoms with E-state index in [1.807, 2.05) is 165 Å². The summed E-state index contributed by atoms with van der Waals surface area (Å²) in [5.74, 6) is 9.76. The molecule has 0 spiro atoms. The molecule has 12 nitrogen and oxygen atoms in total. The van der Waals surface area contributed by atoms with Crippen molar-refractivity contribution >= 4 is 73.5 Å². The van der Waals surface area contributed by atoms with Gasteiger partial charge in [0.1, 0.15) is 12.7 Å². The average molecular weight is 1980 g/mol. The zero-order valence-electron chi connectivity index (χ0n) is 91.7. The molecule has 0 saturated heterocycles. The van der Waals surface area contributed by atoms with E-state index in [2.05, 4.69) is 439 Å². The minimum absolute atomic E-state index is 0. The van der Waals surface area contributed by atoms with E-state index in [4.69, 9.17) is 9.47 Å². The number of aliphatic imine (C=N–C) groups is 8. The van der Waals surface area contributed by atoms with Crippen molar-refractivity contribution in [3.05, 3.63) is 145 Å². The maximum absolute atomic E-state index is 5.17. The van der Waals surface area contributed by atoms with Crippen LogP contribution in [0.5, 0.6) is 0 Å². The van der Waals surface area contributed by atoms with Crippen LogP contribution >= 0.6 is 23.5 Å². The van der Waals surface area contributed by atoms with Crippen molar-refractivity contribution in [2.45, 2.75) is 516 Å². The van der Waals surface area contributed by atoms with Crippen molar-refractivity contribution in [1.82, 2.24) is 10.6 Å². The zero-order valence-corrected chi connectivity index (χ0v) is 93.3. The molecular formula is C123H268N10O2S2. The van der Waals surface area contributed by atoms with Gasteiger partial charge in [-0.1, -0.05) is 419 Å². The van der Waals surface area contributed by atoms with Crippen LogP contribution in [0.3, 0.4) is 0 Å². The van der Waals surface area contributed by atoms with Gasteiger partial charge in [0.15, 0.2) is 0 Å². The van der Waals surface area contributed by atoms with Crippen molar-refractivity contribution in [2.24, 2.45) is 135 Å². The third-order valence-electron chi connectivity index (χ3n) is 11.6. The first-order chi connectivity index (χ1) is 57.1. The Balaban J connectivity index is -0.0000000403. The van der Waals surface area contributed by atoms with Crippen LogP contribution < -0.4 is 10.6 Å². The second kappa shape index (κ2) is 156. The molecule has 137 heavy (non-hydrogen) atoms. The summed E-state index contributed by atoms with van der Waals surface area (Å²) < 4.78 is 10.3. The summed E-state index contributed by atoms with van der Waals surface area (Å²) in [7, 11) is 0. The first-order valence-corrected chi connectivity index (χ1v) is 49.4. The number of thioether (sulfide) groups is 2. The first-order valence-electron chi connectivity index (χ1n) is 47.5. The zero-order chi connectivity index (χ0) is 99.5. The van der Waals surface area contributed by atoms with Gasteiger partial charge in [-0.25, -0.2) is 9.98 Å². The molecule has 2 N–H and O–H groups in total. The van der Waals surface area contributed by atoms with Gasteiger partial charge in [0, 0.05) is 96.4 Å². The van der Waals surface area contributed by atoms with E-state index in [1.54, 1.807) is 25.2 Å². The third kappa shape index (κ3) is 341. The van der Waals surface area contributed by atoms with E-state index in [-0.39, 0.29) is 96.5 Å². The molecule has 0 rings (SSSR count). The highest BCUT2D eigenvalue weighted by Gasteiger charge is 1.95. The van der Waals surface area contributed by atoms with Crippen LogP contribution in [-0.4, -0.2) is 109 Å². The minimum Gasteiger partial charge on any atom is -0.499 e. The van der Waals surface area contributed by atoms with Crippen LogP contribution in [0.15, 0.2) is 185 Å². The van der Waals surface area contributed by atoms with Gasteiger partial charge in [0.25, 0.3) is 0 Å². The number of rotatable bonds is 39. The molecule has 0 atom stereocenters. The second-order valence-electron chi connectivity index (χ2n) is 38.2. The lowest BCUT2D eigenvalue weighted by Gasteiger charge is -2.03. The summed E-state index contributed by atoms with van der Waals surface area (Å²) in [6, 6.07) is 2.64. The molecule has 14 heteroatoms. The lowest BCUT2D eigenvalue weighted by atomic mass is 10.2. The highest BCUT2D eigenvalue weighted by Crippen LogP contribution is 2.13. The Bertz CT molecular complexity index is 2110. The fourth-order valence-corrected chi connectivity index (χ4v) is 6.97. The molecule has 834 valence electrons. The Hall–Kier alpha value is -5.86. The lowest BCUT2D eigenvalue weighted by Crippen LogP contribution is -2.15. The molecule has 0 aliphatic carbocycles. The normalized spacial score (nSPS) is 11.3. The molecule has 0 fully saturated rings. The summed E-state index contributed by atoms with van der Waals surface area (Å²) in [6.45, 7) is 110. The van der Waals surface area contributed by atoms with Crippen LogP contribution in [0.1, 0.15) is 457 Å². The summed E-state index contributed by atoms with van der Waals surface area (Å²) in [6.07, 6.45) is 60.4. The molecule has 0 aliphatic rings. The summed E-state index contributed by atoms with van der Waals surface area (Å²) in [5, 5.41) is 12.2. The quantitative estimate of drug-likeness (QED) is 0.0272. The monoisotopic (exact) mass is 1980 g/mol. The van der Waals surface area contributed by atoms with Gasteiger partial charge >= 0.3 is 0 Å². The largest absolute Gasteiger partial charge is 0.499 e. The molecule has 0 amide bonds. The Morgan fingerprint density at radius 1 is 0.204 bits per heavy atom. The third-order valence-corrected chi connectivity index (χ3v) is 13.3. The smallest absolute Gasteiger partial charge is 0.109 e. The maximum Gasteiger partial charge on any atom is 0.109 e. The van der Waals surface area contributed by atoms with E-state index in [0.717, 1.165) is 10.5 Å². The van der Waals surface area contributed by atoms with Crippen molar-refractivity contribution in [1.29, 1.82) is 0 Å². The summed E-state index contributed by atoms with van der Waals surface area (Å²) in [5.41, 5.74) is 0. The highest BCUT2D eigenvalue weighted by atomic mass is 32.2. The van der Waals surface area contributed by atoms with E-state index >= 15 is 0 Å². The van der Waals surface area contributed by atoms with Crippen LogP contribution in [0.4, 0.5) is 0 Å². The molecule has 0 radical (unpaired) electrons. The van der Waals surface area contributed by atoms with E-state index in [1.165, 1.54) is 0 Å². The lowest BCUT2D eigenvalue weighted by molar-refractivity contribution is 0.177. The van der Waals surface area contributed by atoms with Gasteiger partial charge in [0.2, 0.25) is 0 Å². The minimum atomic E-state index is 0. The Morgan fingerprint density at radius 2 is 0.401 bits per heavy atom. The molecule has 0 unspecified atom stereocenters. The molecule has 0 aliphatic heterocycles. The van der Waals surface area contributed by atoms with Gasteiger partial charge in [0.05, 0.1) is 24.7 Å². The van der Waals surface area contributed by atoms with E-state index < -0.39 is 0 Å². The molecule has 0 aromatic carbocycles. The van der Waals surface area contributed by atoms with Gasteiger partial charge in [-0.15, -0.1) is 23.5 Å². The van der Waals surface area contributed by atoms with Crippen molar-refractivity contribution < 1.29 is 9.47 Å². The van der Waals surface area contributed by atoms with Gasteiger partial charge < -0.3 is 20.1 Å². The standard InChI is InChI=1S/C10H18.4C9H17N.2C8H16N2.2C8H17N.2C8H16O.2C8H16S.13CH4/c1-9(2)7-5-6-8-10(3)4;2*1-8(2)5-6-10-7-9(3)4;2*1-8(2)6-5-7-10-9(3)4;2*1-7(2)5-9-6-10-8(3)4;6*1-7(2)5-6-9-8(3)4;;;;;;;;;;;;;/h5-10H,1-4H3;4*5-9H,1-4H3;2*5-8H,1-4H3;2*5-9H,1-4H3;4*5-8H,1-4H3;13*1H4/b7-5-,8-6-;4*6-5-,10-7?;;;6*6-5-;;;;;;;;;;;;;. The Morgan fingerprint density at radius 3 is 0.569 bits per heavy atom. The summed E-state index contributed by atoms with van der Waals surface area (Å²) in [4.78, 5) is 32.7. The van der Waals surface area contributed by atoms with Gasteiger partial charge in [-0.2, -0.15) is 0 Å². The van der Waals surface area contributed by atoms with E-state index in [0.29, 0.717) is 143 Å². The van der Waals surface area contributed by atoms with E-state index in [9.17, 15) is 0 Å². The SMILES string of the molecule is C.C.C.C.C.C.C.C.C.C.C.C.C.CC(C)/C=C\C=C/C(C)C.CC(C)/C=C\C=NC(C)C.CC(C)/C=C\C=NC(C)C.CC(C)/C=C\NC(C)C.CC(C)/C=C\NC(C)C.CC(C)/C=C\OC(C)C.CC(C)/C=C\OC(C)C.CC(C)/C=C\SC(C)C.CC(C)/C=C\SC(C)C.CC(C)C=N/C=C\C(C)C.CC(C)C=N/C=C\C(C)C.CC(C)C=NC=NC(C)C.CC(C)C=NC=NC(C)C. The van der Waals surface area contributed by atoms with Crippen LogP contribution in [0.2, 0.25) is 0 Å². The van der Waals surface area contributed by atoms with Crippen LogP contribution in [0.25, 0.3) is 0 Å². The molecule has 0 heterocycles. The van der Waals surface area contributed by atoms with Crippen molar-refractivity contribution in [2.75, 3.05) is 0 Å². The van der Waals surface area contributed by atoms with Crippen LogP contribution in [0, 0.1) is 94.7 Å². The first kappa shape index (κ1) is 201. The Kier molecular flexibility index (Phi) is 228. The average Bonchev–Trinajstić information content (AvgIpc) is 1.16. The van der Waals surface area contributed by atoms with Crippen molar-refractivity contribution in [3.8, 4) is 0 Å². The predicted molar refractivity (Wildman–Crippen MR) is 678 cm³/mol. The number of hydrogen-bond donors (Lipinski definition) is 2. The maximum atomic E-state index is 5.17. The second-order valence-corrected chi connectivity index (χ2v) is 41.2. The Labute approximate surface area is 883 Å². The van der Waals surface area contributed by atoms with Crippen LogP contribution in [-0.2, 0) is 9.47 Å². The molecule has 0 saturated carbocycles. The fraction of sp³-hybridized carbons (Fsp3) is 0.740. The van der Waals surface area contributed by atoms with Gasteiger partial charge in [-0.3, -0.25) is 30.0 Å². The number of hydrogen-bond acceptors (Lipinski definition) is 12. The molecule has 0 bridgehead atoms. The molecule has 0 aromatic heterocycles. The van der Waals surface area contributed by atoms with Crippen molar-refractivity contribution in [3.63, 3.8) is 0 Å². The molecule has 0 aromatic rings. The highest BCUT2D eigenvalue weighted by molar-refractivity contribution is 8.02. The number of ether oxygens (including phenoxy) is 2. The molecular weight excluding hydrogens is 1710 g/mol. The number of allylic oxidation sites excluding steroid dienone is 16. The van der Waals surface area contributed by atoms with Gasteiger partial charge in [-0.05, 0) is 253 Å².